The summed E-state index contributed by atoms with van der Waals surface area (Å²) < 4.78 is 10.5. The van der Waals surface area contributed by atoms with E-state index in [-0.39, 0.29) is 17.1 Å². The van der Waals surface area contributed by atoms with Crippen LogP contribution in [0.15, 0.2) is 58.5 Å². The zero-order valence-corrected chi connectivity index (χ0v) is 15.9. The summed E-state index contributed by atoms with van der Waals surface area (Å²) in [7, 11) is 3.17. The zero-order chi connectivity index (χ0) is 19.2. The number of carbonyl (C=O) groups is 2. The fourth-order valence-corrected chi connectivity index (χ4v) is 3.72. The Morgan fingerprint density at radius 1 is 1.26 bits per heavy atom. The lowest BCUT2D eigenvalue weighted by Gasteiger charge is -2.20. The van der Waals surface area contributed by atoms with Crippen LogP contribution in [0.25, 0.3) is 0 Å². The maximum Gasteiger partial charge on any atom is 0.283 e. The van der Waals surface area contributed by atoms with Gasteiger partial charge in [-0.3, -0.25) is 9.59 Å². The Hall–Kier alpha value is -2.80. The Bertz CT molecular complexity index is 871. The monoisotopic (exact) mass is 384 g/mol. The van der Waals surface area contributed by atoms with E-state index in [1.807, 2.05) is 42.5 Å². The number of hydrogen-bond donors (Lipinski definition) is 1. The second kappa shape index (κ2) is 8.73. The van der Waals surface area contributed by atoms with Crippen LogP contribution in [0, 0.1) is 0 Å². The minimum atomic E-state index is -0.374. The van der Waals surface area contributed by atoms with Crippen molar-refractivity contribution >= 4 is 29.3 Å². The number of aliphatic imine (C=N–C) groups is 1. The predicted molar refractivity (Wildman–Crippen MR) is 106 cm³/mol. The van der Waals surface area contributed by atoms with Crippen molar-refractivity contribution in [1.29, 1.82) is 0 Å². The van der Waals surface area contributed by atoms with Gasteiger partial charge in [0.1, 0.15) is 0 Å². The Morgan fingerprint density at radius 2 is 2.07 bits per heavy atom. The fourth-order valence-electron chi connectivity index (χ4n) is 2.70. The number of carbonyl (C=O) groups excluding carboxylic acids is 2. The van der Waals surface area contributed by atoms with Crippen molar-refractivity contribution in [3.8, 4) is 11.5 Å². The first kappa shape index (κ1) is 19.0. The van der Waals surface area contributed by atoms with E-state index < -0.39 is 0 Å². The Kier molecular flexibility index (Phi) is 6.13. The molecule has 0 spiro atoms. The third-order valence-corrected chi connectivity index (χ3v) is 5.27. The average Bonchev–Trinajstić information content (AvgIpc) is 2.68. The number of thioether (sulfide) groups is 1. The maximum atomic E-state index is 12.2. The van der Waals surface area contributed by atoms with Crippen LogP contribution in [0.5, 0.6) is 11.5 Å². The van der Waals surface area contributed by atoms with Crippen LogP contribution in [0.1, 0.15) is 5.56 Å². The molecule has 0 saturated heterocycles. The van der Waals surface area contributed by atoms with Gasteiger partial charge in [0.2, 0.25) is 5.91 Å². The number of fused-ring (bicyclic) bond motifs is 1. The van der Waals surface area contributed by atoms with Crippen LogP contribution in [0.4, 0.5) is 0 Å². The highest BCUT2D eigenvalue weighted by Gasteiger charge is 2.26. The van der Waals surface area contributed by atoms with Crippen LogP contribution in [-0.4, -0.2) is 43.5 Å². The van der Waals surface area contributed by atoms with Gasteiger partial charge in [-0.25, -0.2) is 4.99 Å². The summed E-state index contributed by atoms with van der Waals surface area (Å²) in [6, 6.07) is 5.63. The van der Waals surface area contributed by atoms with E-state index >= 15 is 0 Å². The van der Waals surface area contributed by atoms with Gasteiger partial charge in [-0.15, -0.1) is 11.8 Å². The lowest BCUT2D eigenvalue weighted by atomic mass is 10.1. The molecule has 0 saturated carbocycles. The van der Waals surface area contributed by atoms with Crippen molar-refractivity contribution < 1.29 is 19.1 Å². The maximum absolute atomic E-state index is 12.2. The minimum Gasteiger partial charge on any atom is -0.493 e. The van der Waals surface area contributed by atoms with Crippen LogP contribution >= 0.6 is 11.8 Å². The Balaban J connectivity index is 1.56. The molecular weight excluding hydrogens is 364 g/mol. The highest BCUT2D eigenvalue weighted by atomic mass is 32.2. The number of hydrogen-bond acceptors (Lipinski definition) is 5. The molecule has 0 bridgehead atoms. The van der Waals surface area contributed by atoms with Gasteiger partial charge in [0.15, 0.2) is 11.5 Å². The molecule has 1 aliphatic carbocycles. The highest BCUT2D eigenvalue weighted by Crippen LogP contribution is 2.31. The molecule has 140 valence electrons. The molecule has 7 heteroatoms. The molecule has 1 aromatic carbocycles. The van der Waals surface area contributed by atoms with Crippen LogP contribution in [0.2, 0.25) is 0 Å². The second-order valence-corrected chi connectivity index (χ2v) is 7.05. The molecule has 2 amide bonds. The molecule has 1 N–H and O–H groups in total. The molecule has 0 fully saturated rings. The number of rotatable bonds is 6. The number of ether oxygens (including phenoxy) is 2. The van der Waals surface area contributed by atoms with Crippen molar-refractivity contribution in [1.82, 2.24) is 5.32 Å². The Morgan fingerprint density at radius 3 is 2.85 bits per heavy atom. The second-order valence-electron chi connectivity index (χ2n) is 5.86. The number of nitrogens with one attached hydrogen (secondary N) is 1. The lowest BCUT2D eigenvalue weighted by Crippen LogP contribution is -2.26. The minimum absolute atomic E-state index is 0.0153. The number of allylic oxidation sites excluding steroid dienone is 3. The van der Waals surface area contributed by atoms with Gasteiger partial charge in [-0.1, -0.05) is 24.3 Å². The molecule has 1 atom stereocenters. The van der Waals surface area contributed by atoms with E-state index in [2.05, 4.69) is 10.3 Å². The number of nitrogens with zero attached hydrogens (tertiary/aromatic N) is 1. The molecule has 0 aromatic heterocycles. The van der Waals surface area contributed by atoms with Gasteiger partial charge in [-0.05, 0) is 30.2 Å². The first-order chi connectivity index (χ1) is 13.1. The van der Waals surface area contributed by atoms with Crippen molar-refractivity contribution in [2.24, 2.45) is 4.99 Å². The van der Waals surface area contributed by atoms with Gasteiger partial charge in [0.25, 0.3) is 5.91 Å². The topological polar surface area (TPSA) is 77.0 Å². The third kappa shape index (κ3) is 4.68. The van der Waals surface area contributed by atoms with Crippen LogP contribution in [0.3, 0.4) is 0 Å². The Labute approximate surface area is 162 Å². The number of benzene rings is 1. The zero-order valence-electron chi connectivity index (χ0n) is 15.1. The van der Waals surface area contributed by atoms with Crippen molar-refractivity contribution in [2.75, 3.05) is 20.8 Å². The molecule has 1 unspecified atom stereocenters. The average molecular weight is 384 g/mol. The SMILES string of the molecule is COc1ccc(CCNC(=O)/C=C2\SC3C=CC=CC3=NC2=O)cc1OC. The lowest BCUT2D eigenvalue weighted by molar-refractivity contribution is -0.117. The van der Waals surface area contributed by atoms with Crippen LogP contribution < -0.4 is 14.8 Å². The van der Waals surface area contributed by atoms with Gasteiger partial charge in [0, 0.05) is 12.6 Å². The van der Waals surface area contributed by atoms with E-state index in [1.165, 1.54) is 17.8 Å². The fraction of sp³-hybridized carbons (Fsp3) is 0.250. The first-order valence-corrected chi connectivity index (χ1v) is 9.33. The van der Waals surface area contributed by atoms with E-state index in [9.17, 15) is 9.59 Å². The van der Waals surface area contributed by atoms with Gasteiger partial charge >= 0.3 is 0 Å². The molecule has 1 heterocycles. The largest absolute Gasteiger partial charge is 0.493 e. The van der Waals surface area contributed by atoms with Gasteiger partial charge in [-0.2, -0.15) is 0 Å². The molecule has 3 rings (SSSR count). The van der Waals surface area contributed by atoms with E-state index in [1.54, 1.807) is 14.2 Å². The molecular formula is C20H20N2O4S. The summed E-state index contributed by atoms with van der Waals surface area (Å²) in [6.45, 7) is 0.442. The molecule has 1 aliphatic heterocycles. The normalized spacial score (nSPS) is 19.5. The number of amides is 2. The molecule has 6 nitrogen and oxygen atoms in total. The van der Waals surface area contributed by atoms with Crippen molar-refractivity contribution in [3.05, 3.63) is 59.0 Å². The first-order valence-electron chi connectivity index (χ1n) is 8.45. The summed E-state index contributed by atoms with van der Waals surface area (Å²) in [5.74, 6) is 0.631. The summed E-state index contributed by atoms with van der Waals surface area (Å²) in [5, 5.41) is 2.79. The molecule has 1 aromatic rings. The van der Waals surface area contributed by atoms with Crippen LogP contribution in [-0.2, 0) is 16.0 Å². The van der Waals surface area contributed by atoms with Crippen molar-refractivity contribution in [3.63, 3.8) is 0 Å². The molecule has 2 aliphatic rings. The van der Waals surface area contributed by atoms with E-state index in [0.717, 1.165) is 11.3 Å². The third-order valence-electron chi connectivity index (χ3n) is 4.07. The number of methoxy groups -OCH3 is 2. The summed E-state index contributed by atoms with van der Waals surface area (Å²) in [6.07, 6.45) is 9.49. The standard InChI is InChI=1S/C20H20N2O4S/c1-25-15-8-7-13(11-16(15)26-2)9-10-21-19(23)12-18-20(24)22-14-5-3-4-6-17(14)27-18/h3-8,11-12,17H,9-10H2,1-2H3,(H,21,23)/b18-12-. The predicted octanol–water partition coefficient (Wildman–Crippen LogP) is 2.46. The summed E-state index contributed by atoms with van der Waals surface area (Å²) in [5.41, 5.74) is 1.73. The van der Waals surface area contributed by atoms with E-state index in [4.69, 9.17) is 9.47 Å². The molecule has 27 heavy (non-hydrogen) atoms. The van der Waals surface area contributed by atoms with Gasteiger partial charge in [0.05, 0.1) is 30.1 Å². The summed E-state index contributed by atoms with van der Waals surface area (Å²) in [4.78, 5) is 28.6. The smallest absolute Gasteiger partial charge is 0.283 e. The van der Waals surface area contributed by atoms with Crippen molar-refractivity contribution in [2.45, 2.75) is 11.7 Å². The van der Waals surface area contributed by atoms with Gasteiger partial charge < -0.3 is 14.8 Å². The molecule has 0 radical (unpaired) electrons. The summed E-state index contributed by atoms with van der Waals surface area (Å²) >= 11 is 1.34. The quantitative estimate of drug-likeness (QED) is 0.763. The van der Waals surface area contributed by atoms with E-state index in [0.29, 0.717) is 29.4 Å². The highest BCUT2D eigenvalue weighted by molar-refractivity contribution is 8.05.